The van der Waals surface area contributed by atoms with E-state index in [2.05, 4.69) is 4.74 Å². The fourth-order valence-corrected chi connectivity index (χ4v) is 1.18. The molecule has 0 aliphatic carbocycles. The minimum Gasteiger partial charge on any atom is -0.446 e. The van der Waals surface area contributed by atoms with Crippen LogP contribution in [0.2, 0.25) is 0 Å². The molecule has 0 aliphatic rings. The van der Waals surface area contributed by atoms with Crippen LogP contribution in [0.5, 0.6) is 0 Å². The first kappa shape index (κ1) is 15.4. The summed E-state index contributed by atoms with van der Waals surface area (Å²) < 4.78 is 36.4. The summed E-state index contributed by atoms with van der Waals surface area (Å²) in [6, 6.07) is 0. The van der Waals surface area contributed by atoms with E-state index in [4.69, 9.17) is 20.2 Å². The van der Waals surface area contributed by atoms with E-state index in [0.29, 0.717) is 13.2 Å². The lowest BCUT2D eigenvalue weighted by Gasteiger charge is -2.05. The molecule has 0 unspecified atom stereocenters. The number of rotatable bonds is 8. The van der Waals surface area contributed by atoms with Gasteiger partial charge in [-0.25, -0.2) is 9.52 Å². The molecular formula is C7H14ClNO6S. The third-order valence-corrected chi connectivity index (χ3v) is 1.95. The summed E-state index contributed by atoms with van der Waals surface area (Å²) in [7, 11) is 2.24. The second kappa shape index (κ2) is 8.57. The van der Waals surface area contributed by atoms with Crippen molar-refractivity contribution in [3.63, 3.8) is 0 Å². The monoisotopic (exact) mass is 275 g/mol. The Labute approximate surface area is 98.5 Å². The molecule has 9 heteroatoms. The highest BCUT2D eigenvalue weighted by Crippen LogP contribution is 1.91. The number of halogens is 1. The van der Waals surface area contributed by atoms with Crippen molar-refractivity contribution in [1.29, 1.82) is 0 Å². The van der Waals surface area contributed by atoms with Crippen LogP contribution in [0.1, 0.15) is 6.42 Å². The van der Waals surface area contributed by atoms with Crippen LogP contribution in [0.3, 0.4) is 0 Å². The number of ether oxygens (including phenoxy) is 3. The van der Waals surface area contributed by atoms with Crippen LogP contribution in [0.25, 0.3) is 0 Å². The third kappa shape index (κ3) is 11.5. The van der Waals surface area contributed by atoms with Gasteiger partial charge >= 0.3 is 15.3 Å². The van der Waals surface area contributed by atoms with Crippen molar-refractivity contribution in [2.45, 2.75) is 6.42 Å². The van der Waals surface area contributed by atoms with Crippen LogP contribution in [0, 0.1) is 0 Å². The molecule has 0 aromatic heterocycles. The van der Waals surface area contributed by atoms with E-state index in [0.717, 1.165) is 6.42 Å². The SMILES string of the molecule is COCCCOCCOC(=O)NS(=O)(=O)Cl. The molecule has 0 radical (unpaired) electrons. The summed E-state index contributed by atoms with van der Waals surface area (Å²) >= 11 is 0. The summed E-state index contributed by atoms with van der Waals surface area (Å²) in [5.74, 6) is 0. The Bertz CT molecular complexity index is 293. The van der Waals surface area contributed by atoms with Crippen molar-refractivity contribution in [1.82, 2.24) is 4.72 Å². The zero-order valence-corrected chi connectivity index (χ0v) is 10.3. The van der Waals surface area contributed by atoms with Crippen molar-refractivity contribution in [3.8, 4) is 0 Å². The first-order valence-corrected chi connectivity index (χ1v) is 6.72. The van der Waals surface area contributed by atoms with Crippen molar-refractivity contribution >= 4 is 26.0 Å². The number of hydrogen-bond donors (Lipinski definition) is 1. The number of carbonyl (C=O) groups excluding carboxylic acids is 1. The Kier molecular flexibility index (Phi) is 8.26. The van der Waals surface area contributed by atoms with Crippen molar-refractivity contribution in [2.75, 3.05) is 33.5 Å². The summed E-state index contributed by atoms with van der Waals surface area (Å²) in [4.78, 5) is 10.7. The first-order chi connectivity index (χ1) is 7.45. The molecule has 0 aliphatic heterocycles. The van der Waals surface area contributed by atoms with Gasteiger partial charge in [0.15, 0.2) is 0 Å². The smallest absolute Gasteiger partial charge is 0.421 e. The molecule has 0 aromatic rings. The minimum atomic E-state index is -4.09. The maximum Gasteiger partial charge on any atom is 0.421 e. The van der Waals surface area contributed by atoms with E-state index < -0.39 is 15.3 Å². The van der Waals surface area contributed by atoms with E-state index in [1.54, 1.807) is 7.11 Å². The number of amides is 1. The largest absolute Gasteiger partial charge is 0.446 e. The van der Waals surface area contributed by atoms with Gasteiger partial charge in [0.1, 0.15) is 6.61 Å². The van der Waals surface area contributed by atoms with Gasteiger partial charge in [0.05, 0.1) is 6.61 Å². The van der Waals surface area contributed by atoms with Crippen molar-refractivity contribution in [3.05, 3.63) is 0 Å². The quantitative estimate of drug-likeness (QED) is 0.504. The highest BCUT2D eigenvalue weighted by Gasteiger charge is 2.10. The van der Waals surface area contributed by atoms with Crippen LogP contribution >= 0.6 is 10.7 Å². The second-order valence-corrected chi connectivity index (χ2v) is 4.93. The molecule has 96 valence electrons. The fraction of sp³-hybridized carbons (Fsp3) is 0.857. The lowest BCUT2D eigenvalue weighted by Crippen LogP contribution is -2.28. The molecule has 16 heavy (non-hydrogen) atoms. The predicted molar refractivity (Wildman–Crippen MR) is 56.6 cm³/mol. The van der Waals surface area contributed by atoms with Gasteiger partial charge in [-0.2, -0.15) is 8.42 Å². The average molecular weight is 276 g/mol. The van der Waals surface area contributed by atoms with Gasteiger partial charge < -0.3 is 14.2 Å². The normalized spacial score (nSPS) is 11.1. The average Bonchev–Trinajstić information content (AvgIpc) is 2.13. The zero-order valence-electron chi connectivity index (χ0n) is 8.77. The van der Waals surface area contributed by atoms with Crippen LogP contribution in [-0.2, 0) is 23.4 Å². The summed E-state index contributed by atoms with van der Waals surface area (Å²) in [6.07, 6.45) is -0.394. The molecule has 0 saturated carbocycles. The topological polar surface area (TPSA) is 90.9 Å². The number of methoxy groups -OCH3 is 1. The van der Waals surface area contributed by atoms with E-state index >= 15 is 0 Å². The highest BCUT2D eigenvalue weighted by molar-refractivity contribution is 8.12. The van der Waals surface area contributed by atoms with E-state index in [1.807, 2.05) is 0 Å². The van der Waals surface area contributed by atoms with Crippen molar-refractivity contribution in [2.24, 2.45) is 0 Å². The Morgan fingerprint density at radius 3 is 2.50 bits per heavy atom. The molecular weight excluding hydrogens is 262 g/mol. The second-order valence-electron chi connectivity index (χ2n) is 2.63. The molecule has 1 N–H and O–H groups in total. The van der Waals surface area contributed by atoms with Gasteiger partial charge in [-0.3, -0.25) is 0 Å². The number of hydrogen-bond acceptors (Lipinski definition) is 6. The Balaban J connectivity index is 3.35. The molecule has 0 atom stereocenters. The van der Waals surface area contributed by atoms with Crippen LogP contribution < -0.4 is 4.72 Å². The van der Waals surface area contributed by atoms with E-state index in [1.165, 1.54) is 4.72 Å². The molecule has 0 fully saturated rings. The van der Waals surface area contributed by atoms with Crippen molar-refractivity contribution < 1.29 is 27.4 Å². The van der Waals surface area contributed by atoms with Gasteiger partial charge in [0.25, 0.3) is 0 Å². The fourth-order valence-electron chi connectivity index (χ4n) is 0.730. The Hall–Kier alpha value is -0.570. The lowest BCUT2D eigenvalue weighted by molar-refractivity contribution is 0.0632. The standard InChI is InChI=1S/C7H14ClNO6S/c1-13-3-2-4-14-5-6-15-7(10)9-16(8,11)12/h2-6H2,1H3,(H,9,10). The molecule has 7 nitrogen and oxygen atoms in total. The molecule has 0 saturated heterocycles. The molecule has 0 heterocycles. The first-order valence-electron chi connectivity index (χ1n) is 4.41. The molecule has 0 bridgehead atoms. The predicted octanol–water partition coefficient (Wildman–Crippen LogP) is 0.249. The summed E-state index contributed by atoms with van der Waals surface area (Å²) in [6.45, 7) is 1.20. The van der Waals surface area contributed by atoms with Crippen LogP contribution in [0.4, 0.5) is 4.79 Å². The number of carbonyl (C=O) groups is 1. The Morgan fingerprint density at radius 1 is 1.25 bits per heavy atom. The number of nitrogens with one attached hydrogen (secondary N) is 1. The van der Waals surface area contributed by atoms with Gasteiger partial charge in [0, 0.05) is 31.0 Å². The maximum absolute atomic E-state index is 10.7. The molecule has 0 aromatic carbocycles. The molecule has 1 amide bonds. The van der Waals surface area contributed by atoms with E-state index in [9.17, 15) is 13.2 Å². The summed E-state index contributed by atoms with van der Waals surface area (Å²) in [5.41, 5.74) is 0. The molecule has 0 rings (SSSR count). The van der Waals surface area contributed by atoms with Crippen LogP contribution in [0.15, 0.2) is 0 Å². The zero-order chi connectivity index (χ0) is 12.4. The van der Waals surface area contributed by atoms with Gasteiger partial charge in [-0.15, -0.1) is 0 Å². The van der Waals surface area contributed by atoms with E-state index in [-0.39, 0.29) is 13.2 Å². The highest BCUT2D eigenvalue weighted by atomic mass is 35.7. The van der Waals surface area contributed by atoms with Crippen LogP contribution in [-0.4, -0.2) is 48.0 Å². The third-order valence-electron chi connectivity index (χ3n) is 1.30. The maximum atomic E-state index is 10.7. The summed E-state index contributed by atoms with van der Waals surface area (Å²) in [5, 5.41) is 0. The Morgan fingerprint density at radius 2 is 1.94 bits per heavy atom. The van der Waals surface area contributed by atoms with Gasteiger partial charge in [-0.05, 0) is 6.42 Å². The van der Waals surface area contributed by atoms with Gasteiger partial charge in [0.2, 0.25) is 0 Å². The molecule has 0 spiro atoms. The lowest BCUT2D eigenvalue weighted by atomic mass is 10.5. The van der Waals surface area contributed by atoms with Gasteiger partial charge in [-0.1, -0.05) is 0 Å². The minimum absolute atomic E-state index is 0.0504.